The zero-order valence-corrected chi connectivity index (χ0v) is 31.8. The fraction of sp³-hybridized carbons (Fsp3) is 0.538. The Morgan fingerprint density at radius 1 is 0.981 bits per heavy atom. The van der Waals surface area contributed by atoms with Crippen molar-refractivity contribution in [2.24, 2.45) is 5.92 Å². The normalized spacial score (nSPS) is 21.1. The topological polar surface area (TPSA) is 200 Å². The highest BCUT2D eigenvalue weighted by molar-refractivity contribution is 7.89. The number of rotatable bonds is 19. The van der Waals surface area contributed by atoms with Crippen LogP contribution in [0.4, 0.5) is 4.79 Å². The second kappa shape index (κ2) is 18.1. The van der Waals surface area contributed by atoms with Gasteiger partial charge < -0.3 is 40.5 Å². The molecule has 294 valence electrons. The van der Waals surface area contributed by atoms with E-state index in [-0.39, 0.29) is 43.2 Å². The van der Waals surface area contributed by atoms with Crippen LogP contribution >= 0.6 is 11.6 Å². The van der Waals surface area contributed by atoms with Crippen LogP contribution in [0.15, 0.2) is 65.8 Å². The van der Waals surface area contributed by atoms with Crippen LogP contribution in [0.5, 0.6) is 5.75 Å². The summed E-state index contributed by atoms with van der Waals surface area (Å²) in [5.41, 5.74) is 2.98. The van der Waals surface area contributed by atoms with Crippen LogP contribution in [0.2, 0.25) is 5.02 Å². The molecule has 3 atom stereocenters. The molecule has 2 amide bonds. The van der Waals surface area contributed by atoms with Crippen molar-refractivity contribution in [3.63, 3.8) is 0 Å². The number of aromatic nitrogens is 1. The van der Waals surface area contributed by atoms with Gasteiger partial charge >= 0.3 is 6.03 Å². The van der Waals surface area contributed by atoms with Crippen LogP contribution in [0, 0.1) is 5.92 Å². The summed E-state index contributed by atoms with van der Waals surface area (Å²) in [6.45, 7) is -0.338. The number of aliphatic hydroxyl groups is 4. The Morgan fingerprint density at radius 3 is 2.46 bits per heavy atom. The number of benzene rings is 2. The van der Waals surface area contributed by atoms with Gasteiger partial charge in [-0.15, -0.1) is 0 Å². The van der Waals surface area contributed by atoms with Gasteiger partial charge in [0.1, 0.15) is 11.9 Å². The maximum Gasteiger partial charge on any atom is 0.315 e. The number of halogens is 1. The molecule has 7 N–H and O–H groups in total. The average molecular weight is 787 g/mol. The maximum atomic E-state index is 13.4. The average Bonchev–Trinajstić information content (AvgIpc) is 4.12. The number of hydrogen-bond acceptors (Lipinski definition) is 10. The Morgan fingerprint density at radius 2 is 1.74 bits per heavy atom. The molecule has 0 saturated heterocycles. The number of carbonyl (C=O) groups excluding carboxylic acids is 1. The van der Waals surface area contributed by atoms with Crippen LogP contribution in [0.1, 0.15) is 75.3 Å². The van der Waals surface area contributed by atoms with Crippen molar-refractivity contribution in [2.75, 3.05) is 19.7 Å². The Kier molecular flexibility index (Phi) is 13.5. The lowest BCUT2D eigenvalue weighted by atomic mass is 9.84. The molecule has 13 nitrogen and oxygen atoms in total. The van der Waals surface area contributed by atoms with E-state index in [4.69, 9.17) is 26.2 Å². The summed E-state index contributed by atoms with van der Waals surface area (Å²) in [5.74, 6) is 1.14. The molecule has 0 radical (unpaired) electrons. The Bertz CT molecular complexity index is 1830. The predicted molar refractivity (Wildman–Crippen MR) is 202 cm³/mol. The van der Waals surface area contributed by atoms with E-state index in [0.717, 1.165) is 73.8 Å². The third-order valence-corrected chi connectivity index (χ3v) is 12.3. The minimum Gasteiger partial charge on any atom is -0.490 e. The molecule has 1 heterocycles. The molecular weight excluding hydrogens is 736 g/mol. The lowest BCUT2D eigenvalue weighted by molar-refractivity contribution is -0.0356. The number of hydrogen-bond donors (Lipinski definition) is 7. The van der Waals surface area contributed by atoms with Crippen molar-refractivity contribution in [3.05, 3.63) is 77.1 Å². The van der Waals surface area contributed by atoms with Gasteiger partial charge in [0.05, 0.1) is 42.0 Å². The molecule has 54 heavy (non-hydrogen) atoms. The molecule has 3 aromatic rings. The van der Waals surface area contributed by atoms with Crippen molar-refractivity contribution in [3.8, 4) is 16.9 Å². The van der Waals surface area contributed by atoms with E-state index in [1.807, 2.05) is 30.5 Å². The summed E-state index contributed by atoms with van der Waals surface area (Å²) >= 11 is 6.57. The number of sulfonamides is 1. The minimum atomic E-state index is -3.81. The predicted octanol–water partition coefficient (Wildman–Crippen LogP) is 4.14. The van der Waals surface area contributed by atoms with Gasteiger partial charge in [0.15, 0.2) is 0 Å². The standard InChI is InChI=1S/C39H51ClN4O9S/c40-34-12-11-30(54(50,51)43-18-13-25-5-7-27(8-6-25)44-38(49)42-21-28(46)20-35(47)36(48)23-45)19-26(34)24-52-39(15-16-39)33-22-41-17-14-31(33)32-3-1-2-4-37(32)53-29-9-10-29/h1-4,11-12,14,17,19,22,25,27-29,35-36,43,45-48H,5-10,13,15-16,18,20-21,23-24H2,(H2,42,44,49)/t25?,27?,28-,35+,36-/m1/s1. The van der Waals surface area contributed by atoms with Gasteiger partial charge in [-0.1, -0.05) is 29.8 Å². The van der Waals surface area contributed by atoms with E-state index < -0.39 is 46.6 Å². The molecule has 3 aliphatic carbocycles. The van der Waals surface area contributed by atoms with E-state index >= 15 is 0 Å². The second-order valence-electron chi connectivity index (χ2n) is 14.7. The highest BCUT2D eigenvalue weighted by Gasteiger charge is 2.48. The summed E-state index contributed by atoms with van der Waals surface area (Å²) in [4.78, 5) is 16.9. The maximum absolute atomic E-state index is 13.4. The van der Waals surface area contributed by atoms with Gasteiger partial charge in [0, 0.05) is 54.1 Å². The monoisotopic (exact) mass is 786 g/mol. The largest absolute Gasteiger partial charge is 0.490 e. The van der Waals surface area contributed by atoms with Crippen LogP contribution in [0.25, 0.3) is 11.1 Å². The molecule has 3 saturated carbocycles. The molecule has 0 spiro atoms. The van der Waals surface area contributed by atoms with E-state index in [9.17, 15) is 28.5 Å². The summed E-state index contributed by atoms with van der Waals surface area (Å²) in [5, 5.41) is 43.9. The molecular formula is C39H51ClN4O9S. The number of ether oxygens (including phenoxy) is 2. The summed E-state index contributed by atoms with van der Waals surface area (Å²) in [7, 11) is -3.81. The van der Waals surface area contributed by atoms with Crippen molar-refractivity contribution >= 4 is 27.7 Å². The SMILES string of the molecule is O=C(NC[C@H](O)C[C@H](O)[C@H](O)CO)NC1CCC(CCNS(=O)(=O)c2ccc(Cl)c(COC3(c4cnccc4-c4ccccc4OC4CC4)CC3)c2)CC1. The Hall–Kier alpha value is -3.34. The molecule has 0 unspecified atom stereocenters. The molecule has 0 aliphatic heterocycles. The Balaban J connectivity index is 0.966. The third-order valence-electron chi connectivity index (χ3n) is 10.5. The number of aliphatic hydroxyl groups excluding tert-OH is 4. The van der Waals surface area contributed by atoms with Gasteiger partial charge in [-0.25, -0.2) is 17.9 Å². The van der Waals surface area contributed by atoms with E-state index in [1.54, 1.807) is 18.3 Å². The number of urea groups is 1. The van der Waals surface area contributed by atoms with Crippen LogP contribution in [-0.4, -0.2) is 90.0 Å². The lowest BCUT2D eigenvalue weighted by Gasteiger charge is -2.29. The number of nitrogens with zero attached hydrogens (tertiary/aromatic N) is 1. The first-order chi connectivity index (χ1) is 26.0. The highest BCUT2D eigenvalue weighted by Crippen LogP contribution is 2.53. The minimum absolute atomic E-state index is 0.0525. The summed E-state index contributed by atoms with van der Waals surface area (Å²) in [6, 6.07) is 14.2. The molecule has 0 bridgehead atoms. The highest BCUT2D eigenvalue weighted by atomic mass is 35.5. The molecule has 1 aromatic heterocycles. The fourth-order valence-corrected chi connectivity index (χ4v) is 8.23. The number of carbonyl (C=O) groups is 1. The number of pyridine rings is 1. The molecule has 2 aromatic carbocycles. The quantitative estimate of drug-likeness (QED) is 0.0927. The van der Waals surface area contributed by atoms with Crippen molar-refractivity contribution in [1.82, 2.24) is 20.3 Å². The summed E-state index contributed by atoms with van der Waals surface area (Å²) in [6.07, 6.45) is 7.43. The zero-order valence-electron chi connectivity index (χ0n) is 30.2. The summed E-state index contributed by atoms with van der Waals surface area (Å²) < 4.78 is 42.2. The van der Waals surface area contributed by atoms with Crippen LogP contribution < -0.4 is 20.1 Å². The van der Waals surface area contributed by atoms with Gasteiger partial charge in [-0.2, -0.15) is 0 Å². The van der Waals surface area contributed by atoms with Gasteiger partial charge in [0.2, 0.25) is 10.0 Å². The van der Waals surface area contributed by atoms with Crippen LogP contribution in [0.3, 0.4) is 0 Å². The van der Waals surface area contributed by atoms with Crippen molar-refractivity contribution in [2.45, 2.75) is 112 Å². The van der Waals surface area contributed by atoms with E-state index in [1.165, 1.54) is 6.07 Å². The first kappa shape index (κ1) is 40.3. The lowest BCUT2D eigenvalue weighted by Crippen LogP contribution is -2.46. The van der Waals surface area contributed by atoms with E-state index in [0.29, 0.717) is 22.9 Å². The molecule has 15 heteroatoms. The first-order valence-electron chi connectivity index (χ1n) is 18.8. The zero-order chi connectivity index (χ0) is 38.3. The van der Waals surface area contributed by atoms with E-state index in [2.05, 4.69) is 26.4 Å². The van der Waals surface area contributed by atoms with Gasteiger partial charge in [0.25, 0.3) is 0 Å². The molecule has 3 fully saturated rings. The number of amides is 2. The number of para-hydroxylation sites is 1. The fourth-order valence-electron chi connectivity index (χ4n) is 6.96. The van der Waals surface area contributed by atoms with Gasteiger partial charge in [-0.05, 0) is 105 Å². The first-order valence-corrected chi connectivity index (χ1v) is 20.6. The smallest absolute Gasteiger partial charge is 0.315 e. The molecule has 3 aliphatic rings. The third kappa shape index (κ3) is 10.7. The van der Waals surface area contributed by atoms with Crippen LogP contribution in [-0.2, 0) is 27.0 Å². The Labute approximate surface area is 321 Å². The second-order valence-corrected chi connectivity index (χ2v) is 16.9. The van der Waals surface area contributed by atoms with Gasteiger partial charge in [-0.3, -0.25) is 4.98 Å². The molecule has 6 rings (SSSR count). The number of nitrogens with one attached hydrogen (secondary N) is 3. The van der Waals surface area contributed by atoms with Crippen molar-refractivity contribution in [1.29, 1.82) is 0 Å². The van der Waals surface area contributed by atoms with Crippen molar-refractivity contribution < 1.29 is 43.1 Å².